The average molecular weight is 323 g/mol. The van der Waals surface area contributed by atoms with Gasteiger partial charge in [0.25, 0.3) is 0 Å². The lowest BCUT2D eigenvalue weighted by atomic mass is 10.1. The van der Waals surface area contributed by atoms with E-state index in [1.165, 1.54) is 5.56 Å². The van der Waals surface area contributed by atoms with Gasteiger partial charge >= 0.3 is 0 Å². The predicted octanol–water partition coefficient (Wildman–Crippen LogP) is 3.30. The van der Waals surface area contributed by atoms with Crippen molar-refractivity contribution >= 4 is 0 Å². The highest BCUT2D eigenvalue weighted by molar-refractivity contribution is 5.35. The van der Waals surface area contributed by atoms with Gasteiger partial charge in [0.1, 0.15) is 5.75 Å². The van der Waals surface area contributed by atoms with Gasteiger partial charge in [-0.3, -0.25) is 0 Å². The average Bonchev–Trinajstić information content (AvgIpc) is 3.10. The molecule has 0 fully saturated rings. The number of hydrogen-bond acceptors (Lipinski definition) is 5. The summed E-state index contributed by atoms with van der Waals surface area (Å²) in [4.78, 5) is 4.43. The third-order valence-corrected chi connectivity index (χ3v) is 3.93. The molecule has 3 rings (SSSR count). The van der Waals surface area contributed by atoms with Gasteiger partial charge in [0.05, 0.1) is 13.2 Å². The lowest BCUT2D eigenvalue weighted by Gasteiger charge is -2.06. The van der Waals surface area contributed by atoms with Crippen LogP contribution in [0.2, 0.25) is 0 Å². The third kappa shape index (κ3) is 4.00. The van der Waals surface area contributed by atoms with Gasteiger partial charge in [0, 0.05) is 12.0 Å². The van der Waals surface area contributed by atoms with Gasteiger partial charge in [-0.25, -0.2) is 0 Å². The molecule has 24 heavy (non-hydrogen) atoms. The Bertz CT molecular complexity index is 771. The van der Waals surface area contributed by atoms with Crippen molar-refractivity contribution in [3.8, 4) is 5.75 Å². The van der Waals surface area contributed by atoms with E-state index in [2.05, 4.69) is 22.3 Å². The second-order valence-corrected chi connectivity index (χ2v) is 5.67. The number of ether oxygens (including phenoxy) is 1. The van der Waals surface area contributed by atoms with Gasteiger partial charge in [-0.05, 0) is 24.5 Å². The van der Waals surface area contributed by atoms with Crippen molar-refractivity contribution in [3.05, 3.63) is 77.4 Å². The summed E-state index contributed by atoms with van der Waals surface area (Å²) in [6, 6.07) is 17.8. The molecule has 1 heterocycles. The molecule has 0 spiro atoms. The molecule has 0 unspecified atom stereocenters. The minimum Gasteiger partial charge on any atom is -0.496 e. The third-order valence-electron chi connectivity index (χ3n) is 3.93. The van der Waals surface area contributed by atoms with Gasteiger partial charge in [-0.15, -0.1) is 0 Å². The first-order valence-corrected chi connectivity index (χ1v) is 8.00. The minimum atomic E-state index is -0.260. The van der Waals surface area contributed by atoms with Crippen LogP contribution in [0.4, 0.5) is 0 Å². The zero-order chi connectivity index (χ0) is 16.8. The van der Waals surface area contributed by atoms with Crippen LogP contribution in [0.5, 0.6) is 5.75 Å². The molecule has 0 amide bonds. The Morgan fingerprint density at radius 1 is 1.08 bits per heavy atom. The zero-order valence-corrected chi connectivity index (χ0v) is 13.7. The highest BCUT2D eigenvalue weighted by Gasteiger charge is 2.16. The Morgan fingerprint density at radius 2 is 1.83 bits per heavy atom. The monoisotopic (exact) mass is 323 g/mol. The van der Waals surface area contributed by atoms with Crippen LogP contribution in [0.1, 0.15) is 35.3 Å². The number of aromatic nitrogens is 2. The van der Waals surface area contributed by atoms with Gasteiger partial charge < -0.3 is 15.0 Å². The summed E-state index contributed by atoms with van der Waals surface area (Å²) in [6.07, 6.45) is 2.20. The van der Waals surface area contributed by atoms with E-state index in [0.29, 0.717) is 18.1 Å². The van der Waals surface area contributed by atoms with Crippen molar-refractivity contribution in [2.24, 2.45) is 5.73 Å². The Labute approximate surface area is 141 Å². The summed E-state index contributed by atoms with van der Waals surface area (Å²) in [5, 5.41) is 4.04. The van der Waals surface area contributed by atoms with Gasteiger partial charge in [0.2, 0.25) is 5.89 Å². The molecule has 0 aliphatic carbocycles. The Hall–Kier alpha value is -2.66. The molecule has 5 nitrogen and oxygen atoms in total. The molecule has 1 aromatic heterocycles. The predicted molar refractivity (Wildman–Crippen MR) is 91.8 cm³/mol. The highest BCUT2D eigenvalue weighted by Crippen LogP contribution is 2.21. The number of methoxy groups -OCH3 is 1. The molecular formula is C19H21N3O2. The molecule has 0 aliphatic heterocycles. The van der Waals surface area contributed by atoms with Crippen molar-refractivity contribution in [3.63, 3.8) is 0 Å². The molecule has 3 aromatic rings. The maximum atomic E-state index is 6.18. The molecule has 2 aromatic carbocycles. The first-order chi connectivity index (χ1) is 11.8. The van der Waals surface area contributed by atoms with Crippen LogP contribution in [0.3, 0.4) is 0 Å². The summed E-state index contributed by atoms with van der Waals surface area (Å²) in [6.45, 7) is 0. The number of nitrogens with two attached hydrogens (primary N) is 1. The fourth-order valence-corrected chi connectivity index (χ4v) is 2.60. The molecule has 0 aliphatic rings. The quantitative estimate of drug-likeness (QED) is 0.722. The normalized spacial score (nSPS) is 12.1. The van der Waals surface area contributed by atoms with Crippen LogP contribution < -0.4 is 10.5 Å². The second kappa shape index (κ2) is 7.75. The van der Waals surface area contributed by atoms with Crippen LogP contribution in [0.25, 0.3) is 0 Å². The zero-order valence-electron chi connectivity index (χ0n) is 13.7. The largest absolute Gasteiger partial charge is 0.496 e. The molecule has 2 N–H and O–H groups in total. The summed E-state index contributed by atoms with van der Waals surface area (Å²) < 4.78 is 10.7. The van der Waals surface area contributed by atoms with Crippen molar-refractivity contribution in [1.29, 1.82) is 0 Å². The summed E-state index contributed by atoms with van der Waals surface area (Å²) in [7, 11) is 1.65. The highest BCUT2D eigenvalue weighted by atomic mass is 16.5. The molecule has 5 heteroatoms. The molecule has 0 saturated carbocycles. The van der Waals surface area contributed by atoms with E-state index in [9.17, 15) is 0 Å². The summed E-state index contributed by atoms with van der Waals surface area (Å²) >= 11 is 0. The number of para-hydroxylation sites is 1. The fourth-order valence-electron chi connectivity index (χ4n) is 2.60. The summed E-state index contributed by atoms with van der Waals surface area (Å²) in [5.74, 6) is 1.91. The standard InChI is InChI=1S/C19H21N3O2/c1-23-17-10-6-5-9-15(17)13-18-21-19(24-22-18)16(20)12-11-14-7-3-2-4-8-14/h2-10,16H,11-13,20H2,1H3/t16-/m1/s1. The first-order valence-electron chi connectivity index (χ1n) is 8.00. The number of nitrogens with zero attached hydrogens (tertiary/aromatic N) is 2. The lowest BCUT2D eigenvalue weighted by molar-refractivity contribution is 0.345. The Kier molecular flexibility index (Phi) is 5.23. The SMILES string of the molecule is COc1ccccc1Cc1noc([C@H](N)CCc2ccccc2)n1. The molecule has 0 saturated heterocycles. The maximum Gasteiger partial charge on any atom is 0.243 e. The molecule has 0 radical (unpaired) electrons. The van der Waals surface area contributed by atoms with Crippen LogP contribution in [-0.4, -0.2) is 17.3 Å². The number of benzene rings is 2. The van der Waals surface area contributed by atoms with E-state index in [4.69, 9.17) is 15.0 Å². The Morgan fingerprint density at radius 3 is 2.62 bits per heavy atom. The van der Waals surface area contributed by atoms with Gasteiger partial charge in [-0.2, -0.15) is 4.98 Å². The first kappa shape index (κ1) is 16.2. The van der Waals surface area contributed by atoms with Gasteiger partial charge in [-0.1, -0.05) is 53.7 Å². The molecular weight excluding hydrogens is 302 g/mol. The van der Waals surface area contributed by atoms with Crippen LogP contribution in [0.15, 0.2) is 59.1 Å². The second-order valence-electron chi connectivity index (χ2n) is 5.67. The van der Waals surface area contributed by atoms with E-state index >= 15 is 0 Å². The smallest absolute Gasteiger partial charge is 0.243 e. The number of rotatable bonds is 7. The topological polar surface area (TPSA) is 74.2 Å². The number of hydrogen-bond donors (Lipinski definition) is 1. The Balaban J connectivity index is 1.62. The van der Waals surface area contributed by atoms with E-state index in [0.717, 1.165) is 24.2 Å². The van der Waals surface area contributed by atoms with Crippen LogP contribution in [-0.2, 0) is 12.8 Å². The molecule has 0 bridgehead atoms. The molecule has 124 valence electrons. The fraction of sp³-hybridized carbons (Fsp3) is 0.263. The van der Waals surface area contributed by atoms with E-state index in [1.54, 1.807) is 7.11 Å². The van der Waals surface area contributed by atoms with E-state index < -0.39 is 0 Å². The maximum absolute atomic E-state index is 6.18. The van der Waals surface area contributed by atoms with Crippen molar-refractivity contribution < 1.29 is 9.26 Å². The van der Waals surface area contributed by atoms with E-state index in [1.807, 2.05) is 42.5 Å². The van der Waals surface area contributed by atoms with Crippen LogP contribution >= 0.6 is 0 Å². The van der Waals surface area contributed by atoms with Crippen molar-refractivity contribution in [2.45, 2.75) is 25.3 Å². The van der Waals surface area contributed by atoms with Crippen LogP contribution in [0, 0.1) is 0 Å². The van der Waals surface area contributed by atoms with Gasteiger partial charge in [0.15, 0.2) is 5.82 Å². The van der Waals surface area contributed by atoms with E-state index in [-0.39, 0.29) is 6.04 Å². The summed E-state index contributed by atoms with van der Waals surface area (Å²) in [5.41, 5.74) is 8.45. The lowest BCUT2D eigenvalue weighted by Crippen LogP contribution is -2.12. The molecule has 1 atom stereocenters. The van der Waals surface area contributed by atoms with Crippen molar-refractivity contribution in [1.82, 2.24) is 10.1 Å². The number of aryl methyl sites for hydroxylation is 1. The minimum absolute atomic E-state index is 0.260. The van der Waals surface area contributed by atoms with Crippen molar-refractivity contribution in [2.75, 3.05) is 7.11 Å².